The maximum atomic E-state index is 2.45. The van der Waals surface area contributed by atoms with Crippen LogP contribution in [0.5, 0.6) is 0 Å². The summed E-state index contributed by atoms with van der Waals surface area (Å²) in [7, 11) is 0. The van der Waals surface area contributed by atoms with E-state index in [9.17, 15) is 0 Å². The van der Waals surface area contributed by atoms with E-state index in [1.807, 2.05) is 11.3 Å². The van der Waals surface area contributed by atoms with Crippen molar-refractivity contribution in [2.45, 2.75) is 0 Å². The van der Waals surface area contributed by atoms with Gasteiger partial charge in [0.25, 0.3) is 0 Å². The van der Waals surface area contributed by atoms with Crippen LogP contribution in [0.15, 0.2) is 231 Å². The van der Waals surface area contributed by atoms with Gasteiger partial charge in [-0.05, 0) is 112 Å². The molecule has 0 aliphatic rings. The van der Waals surface area contributed by atoms with Crippen molar-refractivity contribution in [3.8, 4) is 33.4 Å². The van der Waals surface area contributed by atoms with Gasteiger partial charge in [0.1, 0.15) is 0 Å². The molecule has 1 heterocycles. The van der Waals surface area contributed by atoms with E-state index in [0.29, 0.717) is 0 Å². The van der Waals surface area contributed by atoms with E-state index in [1.165, 1.54) is 53.6 Å². The van der Waals surface area contributed by atoms with Gasteiger partial charge in [0.15, 0.2) is 0 Å². The number of rotatable bonds is 9. The third kappa shape index (κ3) is 6.75. The van der Waals surface area contributed by atoms with Gasteiger partial charge in [-0.15, -0.1) is 11.3 Å². The third-order valence-corrected chi connectivity index (χ3v) is 11.8. The Morgan fingerprint density at radius 3 is 1.26 bits per heavy atom. The first-order chi connectivity index (χ1) is 28.3. The molecule has 0 unspecified atom stereocenters. The maximum Gasteiger partial charge on any atom is 0.0640 e. The second-order valence-corrected chi connectivity index (χ2v) is 15.2. The van der Waals surface area contributed by atoms with Gasteiger partial charge in [-0.3, -0.25) is 0 Å². The highest BCUT2D eigenvalue weighted by Gasteiger charge is 2.21. The first-order valence-corrected chi connectivity index (χ1v) is 20.2. The molecule has 1 aromatic heterocycles. The standard InChI is InChI=1S/C54H38N2S/c1-6-17-39(18-7-1)42-29-31-47(32-30-42)56(49-36-43(40-19-8-2-9-20-40)35-44(37-49)41-21-10-3-11-22-41)52-28-16-27-50-51-38-48(33-34-53(51)57-54(50)52)55(45-23-12-4-13-24-45)46-25-14-5-15-26-46/h1-38H. The molecule has 0 amide bonds. The summed E-state index contributed by atoms with van der Waals surface area (Å²) >= 11 is 1.86. The summed E-state index contributed by atoms with van der Waals surface area (Å²) < 4.78 is 2.50. The Morgan fingerprint density at radius 2 is 0.719 bits per heavy atom. The predicted molar refractivity (Wildman–Crippen MR) is 245 cm³/mol. The molecule has 0 fully saturated rings. The Morgan fingerprint density at radius 1 is 0.263 bits per heavy atom. The minimum absolute atomic E-state index is 1.10. The zero-order valence-corrected chi connectivity index (χ0v) is 32.1. The molecule has 10 rings (SSSR count). The molecule has 0 radical (unpaired) electrons. The first kappa shape index (κ1) is 34.3. The van der Waals surface area contributed by atoms with Crippen LogP contribution < -0.4 is 9.80 Å². The van der Waals surface area contributed by atoms with E-state index in [1.54, 1.807) is 0 Å². The van der Waals surface area contributed by atoms with Crippen LogP contribution in [0.4, 0.5) is 34.1 Å². The largest absolute Gasteiger partial charge is 0.310 e. The van der Waals surface area contributed by atoms with Gasteiger partial charge in [0.2, 0.25) is 0 Å². The van der Waals surface area contributed by atoms with Crippen molar-refractivity contribution in [3.63, 3.8) is 0 Å². The zero-order chi connectivity index (χ0) is 38.0. The van der Waals surface area contributed by atoms with Crippen molar-refractivity contribution < 1.29 is 0 Å². The molecule has 270 valence electrons. The van der Waals surface area contributed by atoms with Crippen LogP contribution >= 0.6 is 11.3 Å². The van der Waals surface area contributed by atoms with Gasteiger partial charge < -0.3 is 9.80 Å². The van der Waals surface area contributed by atoms with Crippen molar-refractivity contribution in [2.24, 2.45) is 0 Å². The van der Waals surface area contributed by atoms with Gasteiger partial charge in [-0.25, -0.2) is 0 Å². The maximum absolute atomic E-state index is 2.45. The van der Waals surface area contributed by atoms with Crippen molar-refractivity contribution in [1.29, 1.82) is 0 Å². The van der Waals surface area contributed by atoms with Crippen molar-refractivity contribution >= 4 is 65.6 Å². The Balaban J connectivity index is 1.18. The summed E-state index contributed by atoms with van der Waals surface area (Å²) in [6.45, 7) is 0. The lowest BCUT2D eigenvalue weighted by molar-refractivity contribution is 1.29. The molecule has 0 aliphatic heterocycles. The summed E-state index contributed by atoms with van der Waals surface area (Å²) in [5, 5.41) is 2.48. The highest BCUT2D eigenvalue weighted by molar-refractivity contribution is 7.26. The average molecular weight is 747 g/mol. The van der Waals surface area contributed by atoms with Crippen LogP contribution in [0.1, 0.15) is 0 Å². The summed E-state index contributed by atoms with van der Waals surface area (Å²) in [4.78, 5) is 4.79. The van der Waals surface area contributed by atoms with Crippen LogP contribution in [0.3, 0.4) is 0 Å². The fourth-order valence-corrected chi connectivity index (χ4v) is 9.07. The molecule has 10 aromatic rings. The Hall–Kier alpha value is -7.20. The molecule has 2 nitrogen and oxygen atoms in total. The number of hydrogen-bond donors (Lipinski definition) is 0. The highest BCUT2D eigenvalue weighted by Crippen LogP contribution is 2.48. The fraction of sp³-hybridized carbons (Fsp3) is 0. The summed E-state index contributed by atoms with van der Waals surface area (Å²) in [6, 6.07) is 83.0. The van der Waals surface area contributed by atoms with E-state index >= 15 is 0 Å². The molecule has 3 heteroatoms. The lowest BCUT2D eigenvalue weighted by atomic mass is 9.97. The summed E-state index contributed by atoms with van der Waals surface area (Å²) in [5.74, 6) is 0. The number of benzene rings is 9. The van der Waals surface area contributed by atoms with E-state index in [4.69, 9.17) is 0 Å². The van der Waals surface area contributed by atoms with Crippen molar-refractivity contribution in [1.82, 2.24) is 0 Å². The minimum Gasteiger partial charge on any atom is -0.310 e. The van der Waals surface area contributed by atoms with E-state index in [2.05, 4.69) is 240 Å². The van der Waals surface area contributed by atoms with Crippen LogP contribution in [0.25, 0.3) is 53.6 Å². The number of nitrogens with zero attached hydrogens (tertiary/aromatic N) is 2. The number of hydrogen-bond acceptors (Lipinski definition) is 3. The second kappa shape index (κ2) is 15.1. The molecule has 9 aromatic carbocycles. The topological polar surface area (TPSA) is 6.48 Å². The third-order valence-electron chi connectivity index (χ3n) is 10.6. The molecule has 57 heavy (non-hydrogen) atoms. The van der Waals surface area contributed by atoms with Crippen LogP contribution in [0.2, 0.25) is 0 Å². The van der Waals surface area contributed by atoms with Crippen LogP contribution in [-0.2, 0) is 0 Å². The van der Waals surface area contributed by atoms with Gasteiger partial charge in [0.05, 0.1) is 10.4 Å². The first-order valence-electron chi connectivity index (χ1n) is 19.3. The number of fused-ring (bicyclic) bond motifs is 3. The lowest BCUT2D eigenvalue weighted by Gasteiger charge is -2.27. The van der Waals surface area contributed by atoms with E-state index in [0.717, 1.165) is 34.1 Å². The van der Waals surface area contributed by atoms with Gasteiger partial charge in [-0.2, -0.15) is 0 Å². The second-order valence-electron chi connectivity index (χ2n) is 14.2. The minimum atomic E-state index is 1.10. The molecule has 0 spiro atoms. The average Bonchev–Trinajstić information content (AvgIpc) is 3.67. The monoisotopic (exact) mass is 746 g/mol. The fourth-order valence-electron chi connectivity index (χ4n) is 7.88. The predicted octanol–water partition coefficient (Wildman–Crippen LogP) is 16.0. The summed E-state index contributed by atoms with van der Waals surface area (Å²) in [5.41, 5.74) is 13.8. The molecule has 0 aliphatic carbocycles. The molecule has 0 bridgehead atoms. The lowest BCUT2D eigenvalue weighted by Crippen LogP contribution is -2.10. The van der Waals surface area contributed by atoms with E-state index < -0.39 is 0 Å². The smallest absolute Gasteiger partial charge is 0.0640 e. The number of para-hydroxylation sites is 2. The zero-order valence-electron chi connectivity index (χ0n) is 31.2. The van der Waals surface area contributed by atoms with Gasteiger partial charge in [-0.1, -0.05) is 152 Å². The molecule has 0 saturated carbocycles. The molecular weight excluding hydrogens is 709 g/mol. The van der Waals surface area contributed by atoms with E-state index in [-0.39, 0.29) is 0 Å². The summed E-state index contributed by atoms with van der Waals surface area (Å²) in [6.07, 6.45) is 0. The van der Waals surface area contributed by atoms with Gasteiger partial charge in [0, 0.05) is 43.9 Å². The highest BCUT2D eigenvalue weighted by atomic mass is 32.1. The normalized spacial score (nSPS) is 11.2. The Labute approximate surface area is 337 Å². The SMILES string of the molecule is c1ccc(-c2ccc(N(c3cc(-c4ccccc4)cc(-c4ccccc4)c3)c3cccc4c3sc3ccc(N(c5ccccc5)c5ccccc5)cc34)cc2)cc1. The molecular formula is C54H38N2S. The van der Waals surface area contributed by atoms with Crippen LogP contribution in [0, 0.1) is 0 Å². The molecule has 0 saturated heterocycles. The quantitative estimate of drug-likeness (QED) is 0.145. The Kier molecular flexibility index (Phi) is 9.11. The van der Waals surface area contributed by atoms with Crippen LogP contribution in [-0.4, -0.2) is 0 Å². The molecule has 0 atom stereocenters. The van der Waals surface area contributed by atoms with Gasteiger partial charge >= 0.3 is 0 Å². The molecule has 0 N–H and O–H groups in total. The van der Waals surface area contributed by atoms with Crippen molar-refractivity contribution in [3.05, 3.63) is 231 Å². The van der Waals surface area contributed by atoms with Crippen molar-refractivity contribution in [2.75, 3.05) is 9.80 Å². The number of thiophene rings is 1. The Bertz CT molecular complexity index is 2830. The number of anilines is 6.